The van der Waals surface area contributed by atoms with E-state index in [-0.39, 0.29) is 11.5 Å². The molecule has 0 unspecified atom stereocenters. The highest BCUT2D eigenvalue weighted by Gasteiger charge is 2.33. The number of carbonyl (C=O) groups excluding carboxylic acids is 2. The maximum absolute atomic E-state index is 12.5. The Hall–Kier alpha value is -2.10. The summed E-state index contributed by atoms with van der Waals surface area (Å²) in [6, 6.07) is 8.25. The van der Waals surface area contributed by atoms with Gasteiger partial charge in [-0.15, -0.1) is 11.5 Å². The second-order valence-corrected chi connectivity index (χ2v) is 12.9. The Morgan fingerprint density at radius 3 is 2.27 bits per heavy atom. The Morgan fingerprint density at radius 2 is 1.81 bits per heavy atom. The third-order valence-electron chi connectivity index (χ3n) is 4.82. The van der Waals surface area contributed by atoms with E-state index in [0.29, 0.717) is 5.56 Å². The average Bonchev–Trinajstić information content (AvgIpc) is 2.54. The average molecular weight is 375 g/mol. The molecule has 1 aromatic carbocycles. The lowest BCUT2D eigenvalue weighted by atomic mass is 10.1. The highest BCUT2D eigenvalue weighted by atomic mass is 28.3. The monoisotopic (exact) mass is 374 g/mol. The summed E-state index contributed by atoms with van der Waals surface area (Å²) in [5.74, 6) is 2.06. The summed E-state index contributed by atoms with van der Waals surface area (Å²) < 4.78 is 5.29. The summed E-state index contributed by atoms with van der Waals surface area (Å²) in [5, 5.41) is 2.79. The molecule has 0 aromatic heterocycles. The molecule has 0 heterocycles. The van der Waals surface area contributed by atoms with E-state index >= 15 is 0 Å². The fourth-order valence-corrected chi connectivity index (χ4v) is 2.97. The van der Waals surface area contributed by atoms with Crippen LogP contribution in [0.3, 0.4) is 0 Å². The van der Waals surface area contributed by atoms with Crippen molar-refractivity contribution in [1.29, 1.82) is 0 Å². The molecule has 2 amide bonds. The second-order valence-electron chi connectivity index (χ2n) is 7.87. The normalized spacial score (nSPS) is 13.9. The number of hydrogen-bond acceptors (Lipinski definition) is 3. The predicted molar refractivity (Wildman–Crippen MR) is 107 cm³/mol. The molecule has 1 rings (SSSR count). The van der Waals surface area contributed by atoms with E-state index in [4.69, 9.17) is 10.5 Å². The molecule has 0 radical (unpaired) electrons. The van der Waals surface area contributed by atoms with Gasteiger partial charge in [-0.05, 0) is 10.6 Å². The zero-order valence-electron chi connectivity index (χ0n) is 16.6. The van der Waals surface area contributed by atoms with Gasteiger partial charge in [-0.25, -0.2) is 0 Å². The summed E-state index contributed by atoms with van der Waals surface area (Å²) in [6.07, 6.45) is -0.606. The first kappa shape index (κ1) is 21.9. The maximum Gasteiger partial charge on any atom is 0.254 e. The minimum atomic E-state index is -1.78. The number of methoxy groups -OCH3 is 1. The number of primary amides is 1. The van der Waals surface area contributed by atoms with Gasteiger partial charge in [-0.1, -0.05) is 64.2 Å². The van der Waals surface area contributed by atoms with Crippen LogP contribution < -0.4 is 11.1 Å². The molecule has 0 aliphatic heterocycles. The van der Waals surface area contributed by atoms with Crippen molar-refractivity contribution in [2.24, 2.45) is 5.73 Å². The van der Waals surface area contributed by atoms with Crippen molar-refractivity contribution in [2.75, 3.05) is 7.11 Å². The lowest BCUT2D eigenvalue weighted by Gasteiger charge is -2.31. The second kappa shape index (κ2) is 9.02. The molecule has 3 N–H and O–H groups in total. The summed E-state index contributed by atoms with van der Waals surface area (Å²) >= 11 is 0. The SMILES string of the molecule is CO[C@@H](C(=O)N[C@@H](CC#C[Si](C)(C)C(C)(C)C)C(N)=O)c1ccccc1. The Morgan fingerprint density at radius 1 is 1.23 bits per heavy atom. The van der Waals surface area contributed by atoms with Crippen LogP contribution in [-0.2, 0) is 14.3 Å². The molecule has 0 aliphatic rings. The highest BCUT2D eigenvalue weighted by molar-refractivity contribution is 6.87. The number of amides is 2. The quantitative estimate of drug-likeness (QED) is 0.593. The molecule has 0 saturated heterocycles. The Kier molecular flexibility index (Phi) is 7.61. The molecule has 5 nitrogen and oxygen atoms in total. The summed E-state index contributed by atoms with van der Waals surface area (Å²) in [7, 11) is -0.326. The Balaban J connectivity index is 2.86. The number of nitrogens with two attached hydrogens (primary N) is 1. The first-order valence-corrected chi connectivity index (χ1v) is 11.7. The van der Waals surface area contributed by atoms with Crippen LogP contribution >= 0.6 is 0 Å². The molecule has 26 heavy (non-hydrogen) atoms. The van der Waals surface area contributed by atoms with Crippen molar-refractivity contribution in [1.82, 2.24) is 5.32 Å². The summed E-state index contributed by atoms with van der Waals surface area (Å²) in [4.78, 5) is 24.3. The molecule has 0 saturated carbocycles. The van der Waals surface area contributed by atoms with Gasteiger partial charge in [0.2, 0.25) is 5.91 Å². The fourth-order valence-electron chi connectivity index (χ4n) is 2.05. The minimum absolute atomic E-state index is 0.125. The van der Waals surface area contributed by atoms with E-state index in [1.54, 1.807) is 12.1 Å². The van der Waals surface area contributed by atoms with Gasteiger partial charge in [0.1, 0.15) is 14.1 Å². The largest absolute Gasteiger partial charge is 0.368 e. The van der Waals surface area contributed by atoms with E-state index in [1.807, 2.05) is 18.2 Å². The minimum Gasteiger partial charge on any atom is -0.368 e. The molecule has 0 spiro atoms. The summed E-state index contributed by atoms with van der Waals surface area (Å²) in [5.41, 5.74) is 9.49. The predicted octanol–water partition coefficient (Wildman–Crippen LogP) is 2.79. The third kappa shape index (κ3) is 6.01. The number of ether oxygens (including phenoxy) is 1. The molecular weight excluding hydrogens is 344 g/mol. The van der Waals surface area contributed by atoms with Gasteiger partial charge in [0.15, 0.2) is 6.10 Å². The molecule has 0 aliphatic carbocycles. The lowest BCUT2D eigenvalue weighted by molar-refractivity contribution is -0.134. The first-order valence-electron chi connectivity index (χ1n) is 8.67. The molecular formula is C20H30N2O3Si. The molecule has 2 atom stereocenters. The van der Waals surface area contributed by atoms with Crippen molar-refractivity contribution in [3.8, 4) is 11.5 Å². The number of benzene rings is 1. The highest BCUT2D eigenvalue weighted by Crippen LogP contribution is 2.35. The standard InChI is InChI=1S/C20H30N2O3Si/c1-20(2,3)26(5,6)14-10-13-16(18(21)23)22-19(24)17(25-4)15-11-8-7-9-12-15/h7-9,11-12,16-17H,13H2,1-6H3,(H2,21,23)(H,22,24)/t16-,17+/m0/s1. The Labute approximate surface area is 157 Å². The van der Waals surface area contributed by atoms with Gasteiger partial charge in [-0.3, -0.25) is 9.59 Å². The van der Waals surface area contributed by atoms with Crippen LogP contribution in [0.5, 0.6) is 0 Å². The van der Waals surface area contributed by atoms with Crippen LogP contribution in [0.25, 0.3) is 0 Å². The van der Waals surface area contributed by atoms with Gasteiger partial charge < -0.3 is 15.8 Å². The molecule has 0 bridgehead atoms. The van der Waals surface area contributed by atoms with Crippen LogP contribution in [0.1, 0.15) is 38.9 Å². The Bertz CT molecular complexity index is 684. The van der Waals surface area contributed by atoms with Crippen molar-refractivity contribution < 1.29 is 14.3 Å². The van der Waals surface area contributed by atoms with E-state index < -0.39 is 32.0 Å². The molecule has 1 aromatic rings. The van der Waals surface area contributed by atoms with E-state index in [1.165, 1.54) is 7.11 Å². The number of carbonyl (C=O) groups is 2. The van der Waals surface area contributed by atoms with E-state index in [2.05, 4.69) is 50.6 Å². The van der Waals surface area contributed by atoms with Gasteiger partial charge in [-0.2, -0.15) is 0 Å². The van der Waals surface area contributed by atoms with Crippen LogP contribution in [0.4, 0.5) is 0 Å². The van der Waals surface area contributed by atoms with Crippen LogP contribution in [0, 0.1) is 11.5 Å². The van der Waals surface area contributed by atoms with Crippen molar-refractivity contribution >= 4 is 19.9 Å². The molecule has 142 valence electrons. The van der Waals surface area contributed by atoms with E-state index in [0.717, 1.165) is 0 Å². The van der Waals surface area contributed by atoms with Crippen LogP contribution in [0.2, 0.25) is 18.1 Å². The maximum atomic E-state index is 12.5. The molecule has 6 heteroatoms. The smallest absolute Gasteiger partial charge is 0.254 e. The lowest BCUT2D eigenvalue weighted by Crippen LogP contribution is -2.46. The number of nitrogens with one attached hydrogen (secondary N) is 1. The van der Waals surface area contributed by atoms with Crippen molar-refractivity contribution in [3.63, 3.8) is 0 Å². The zero-order valence-corrected chi connectivity index (χ0v) is 17.6. The first-order chi connectivity index (χ1) is 12.0. The fraction of sp³-hybridized carbons (Fsp3) is 0.500. The van der Waals surface area contributed by atoms with Gasteiger partial charge in [0.05, 0.1) is 0 Å². The third-order valence-corrected chi connectivity index (χ3v) is 9.37. The van der Waals surface area contributed by atoms with Crippen molar-refractivity contribution in [2.45, 2.75) is 57.5 Å². The molecule has 0 fully saturated rings. The zero-order chi connectivity index (χ0) is 20.0. The van der Waals surface area contributed by atoms with Gasteiger partial charge in [0.25, 0.3) is 5.91 Å². The topological polar surface area (TPSA) is 81.4 Å². The van der Waals surface area contributed by atoms with Gasteiger partial charge >= 0.3 is 0 Å². The van der Waals surface area contributed by atoms with Gasteiger partial charge in [0, 0.05) is 13.5 Å². The van der Waals surface area contributed by atoms with E-state index in [9.17, 15) is 9.59 Å². The summed E-state index contributed by atoms with van der Waals surface area (Å²) in [6.45, 7) is 10.9. The number of rotatable bonds is 6. The van der Waals surface area contributed by atoms with Crippen LogP contribution in [-0.4, -0.2) is 33.0 Å². The number of hydrogen-bond donors (Lipinski definition) is 2. The van der Waals surface area contributed by atoms with Crippen LogP contribution in [0.15, 0.2) is 30.3 Å². The van der Waals surface area contributed by atoms with Crippen molar-refractivity contribution in [3.05, 3.63) is 35.9 Å².